The number of hydrogen-bond acceptors (Lipinski definition) is 3. The molecule has 0 aliphatic heterocycles. The summed E-state index contributed by atoms with van der Waals surface area (Å²) in [7, 11) is 0. The Kier molecular flexibility index (Phi) is 22.1. The van der Waals surface area contributed by atoms with Crippen molar-refractivity contribution in [2.75, 3.05) is 0 Å². The van der Waals surface area contributed by atoms with Gasteiger partial charge in [0.15, 0.2) is 0 Å². The monoisotopic (exact) mass is 1560 g/mol. The zero-order chi connectivity index (χ0) is 74.3. The molecule has 0 spiro atoms. The van der Waals surface area contributed by atoms with Crippen molar-refractivity contribution in [3.05, 3.63) is 416 Å². The van der Waals surface area contributed by atoms with Crippen LogP contribution in [0.25, 0.3) is 192 Å². The van der Waals surface area contributed by atoms with Gasteiger partial charge in [0, 0.05) is 20.6 Å². The smallest absolute Gasteiger partial charge is 1.00 e. The number of carbonyl (C=O) groups excluding carboxylic acids is 1. The van der Waals surface area contributed by atoms with Crippen LogP contribution in [0.4, 0.5) is 0 Å². The third kappa shape index (κ3) is 14.8. The molecule has 0 saturated heterocycles. The molecule has 0 unspecified atom stereocenters. The molecule has 22 rings (SSSR count). The minimum Gasteiger partial charge on any atom is -1.00 e. The summed E-state index contributed by atoms with van der Waals surface area (Å²) in [5.74, 6) is 0. The van der Waals surface area contributed by atoms with Crippen molar-refractivity contribution in [2.24, 2.45) is 0 Å². The topological polar surface area (TPSA) is 54.3 Å². The summed E-state index contributed by atoms with van der Waals surface area (Å²) in [6, 6.07) is 146. The van der Waals surface area contributed by atoms with E-state index in [2.05, 4.69) is 426 Å². The molecule has 7 heteroatoms. The number of rotatable bonds is 10. The summed E-state index contributed by atoms with van der Waals surface area (Å²) < 4.78 is 3.66. The molecule has 0 amide bonds. The van der Waals surface area contributed by atoms with Crippen LogP contribution in [-0.2, 0) is 16.1 Å². The fourth-order valence-electron chi connectivity index (χ4n) is 16.7. The first kappa shape index (κ1) is 75.2. The van der Waals surface area contributed by atoms with Crippen molar-refractivity contribution in [1.29, 1.82) is 0 Å². The Bertz CT molecular complexity index is 6700. The van der Waals surface area contributed by atoms with Crippen molar-refractivity contribution in [3.8, 4) is 106 Å². The maximum absolute atomic E-state index is 8.64. The summed E-state index contributed by atoms with van der Waals surface area (Å²) in [5, 5.41) is 26.7. The van der Waals surface area contributed by atoms with Gasteiger partial charge in [0.1, 0.15) is 0 Å². The molecule has 1 heterocycles. The maximum atomic E-state index is 8.64. The molecule has 526 valence electrons. The number of nitrogens with zero attached hydrogens (tertiary/aromatic N) is 1. The molecule has 0 bridgehead atoms. The molecule has 0 radical (unpaired) electrons. The third-order valence-electron chi connectivity index (χ3n) is 22.2. The maximum Gasteiger partial charge on any atom is 1.00 e. The fraction of sp³-hybridized carbons (Fsp3) is 0.00943. The van der Waals surface area contributed by atoms with Crippen LogP contribution in [0.3, 0.4) is 0 Å². The summed E-state index contributed by atoms with van der Waals surface area (Å²) in [6.07, 6.45) is 1.01. The van der Waals surface area contributed by atoms with Crippen LogP contribution in [-0.4, -0.2) is 11.0 Å². The van der Waals surface area contributed by atoms with Gasteiger partial charge >= 0.3 is 103 Å². The Labute approximate surface area is 751 Å². The Balaban J connectivity index is 0.000000138. The molecule has 4 nitrogen and oxygen atoms in total. The second kappa shape index (κ2) is 33.3. The van der Waals surface area contributed by atoms with E-state index in [0.717, 1.165) is 6.42 Å². The van der Waals surface area contributed by atoms with Crippen LogP contribution in [0, 0.1) is 0 Å². The van der Waals surface area contributed by atoms with Crippen LogP contribution in [0.2, 0.25) is 0 Å². The van der Waals surface area contributed by atoms with E-state index >= 15 is 0 Å². The zero-order valence-corrected chi connectivity index (χ0v) is 70.3. The van der Waals surface area contributed by atoms with Crippen molar-refractivity contribution in [1.82, 2.24) is 4.57 Å². The van der Waals surface area contributed by atoms with E-state index in [0.29, 0.717) is 0 Å². The largest absolute Gasteiger partial charge is 1.00 e. The fourth-order valence-corrected chi connectivity index (χ4v) is 17.2. The SMILES string of the molecule is Brc1ccc2ccc3cccc4ccc1c2c34.O=CO[O-].[H-].[K+].[K+].c1ccc(-c2ccc(-c3ccc4c(c3)-c3cc(-c5ccc(-c6ccccc6)cc5)ccc3C4)cc2)cc1.c1ccc(-c2ccc(-c3ccc4c(c3)c3cc(-c5ccc(-c6ccccc6)cc5)ccc3n4-c3ccc4ccc5cccc6ccc3c4c56)cc2)cc1. The van der Waals surface area contributed by atoms with E-state index in [1.54, 1.807) is 0 Å². The first-order valence-corrected chi connectivity index (χ1v) is 38.3. The van der Waals surface area contributed by atoms with E-state index < -0.39 is 0 Å². The molecule has 1 aliphatic carbocycles. The second-order valence-electron chi connectivity index (χ2n) is 28.5. The number of hydrogen-bond donors (Lipinski definition) is 0. The minimum absolute atomic E-state index is 0. The van der Waals surface area contributed by atoms with E-state index in [-0.39, 0.29) is 111 Å². The van der Waals surface area contributed by atoms with Gasteiger partial charge in [-0.3, -0.25) is 4.79 Å². The summed E-state index contributed by atoms with van der Waals surface area (Å²) in [4.78, 5) is 11.2. The summed E-state index contributed by atoms with van der Waals surface area (Å²) in [6.45, 7) is -0.181. The summed E-state index contributed by atoms with van der Waals surface area (Å²) >= 11 is 3.64. The molecule has 0 N–H and O–H groups in total. The van der Waals surface area contributed by atoms with Crippen LogP contribution in [0.1, 0.15) is 12.6 Å². The van der Waals surface area contributed by atoms with Crippen LogP contribution < -0.4 is 108 Å². The van der Waals surface area contributed by atoms with Gasteiger partial charge in [0.2, 0.25) is 0 Å². The van der Waals surface area contributed by atoms with Crippen LogP contribution in [0.15, 0.2) is 405 Å². The molecule has 0 saturated carbocycles. The first-order chi connectivity index (χ1) is 54.8. The zero-order valence-electron chi connectivity index (χ0n) is 63.4. The van der Waals surface area contributed by atoms with Gasteiger partial charge in [0.25, 0.3) is 6.47 Å². The van der Waals surface area contributed by atoms with Gasteiger partial charge in [-0.05, 0) is 225 Å². The summed E-state index contributed by atoms with van der Waals surface area (Å²) in [5.41, 5.74) is 29.0. The van der Waals surface area contributed by atoms with Gasteiger partial charge in [-0.1, -0.05) is 368 Å². The van der Waals surface area contributed by atoms with E-state index in [1.165, 1.54) is 208 Å². The van der Waals surface area contributed by atoms with Gasteiger partial charge < -0.3 is 16.1 Å². The molecule has 20 aromatic carbocycles. The molecule has 113 heavy (non-hydrogen) atoms. The van der Waals surface area contributed by atoms with Gasteiger partial charge in [-0.25, -0.2) is 0 Å². The number of aromatic nitrogens is 1. The molecule has 0 fully saturated rings. The number of fused-ring (bicyclic) bond motifs is 6. The van der Waals surface area contributed by atoms with E-state index in [1.807, 2.05) is 0 Å². The number of halogens is 1. The predicted octanol–water partition coefficient (Wildman–Crippen LogP) is 22.2. The first-order valence-electron chi connectivity index (χ1n) is 37.5. The van der Waals surface area contributed by atoms with Gasteiger partial charge in [-0.15, -0.1) is 0 Å². The molecular formula is C106H70BrK2NO3. The average molecular weight is 1560 g/mol. The molecule has 0 atom stereocenters. The van der Waals surface area contributed by atoms with Crippen molar-refractivity contribution >= 4 is 109 Å². The molecular weight excluding hydrogens is 1490 g/mol. The molecule has 1 aromatic heterocycles. The van der Waals surface area contributed by atoms with E-state index in [4.69, 9.17) is 10.1 Å². The molecule has 1 aliphatic rings. The van der Waals surface area contributed by atoms with Crippen LogP contribution >= 0.6 is 15.9 Å². The van der Waals surface area contributed by atoms with Gasteiger partial charge in [0.05, 0.1) is 16.7 Å². The standard InChI is InChI=1S/C52H33N.C37H26.C16H9Br.CH2O3.2K.H/c1-3-8-34(9-4-1)36-14-18-38(19-15-36)43-26-30-49-46(32-43)47-33-44(39-20-16-37(17-21-39)35-10-5-2-6-11-35)27-31-50(47)53(49)48-29-25-42-23-22-40-12-7-13-41-24-28-45(48)52(42)51(40)41;1-3-7-26(8-4-1)28-11-15-30(16-12-28)32-19-21-34-23-35-22-20-33(25-37(35)36(34)24-32)31-17-13-29(14-18-31)27-9-5-2-6-10-27;17-14-9-7-12-5-4-10-2-1-3-11-6-8-13(14)16(12)15(10)11;2-1-4-3;;;/h1-33H;1-22,24-25H,23H2;1-9H;1,3H;;;/q;;;;2*+1;-1/p-1. The normalized spacial score (nSPS) is 11.3. The second-order valence-corrected chi connectivity index (χ2v) is 29.4. The third-order valence-corrected chi connectivity index (χ3v) is 22.9. The predicted molar refractivity (Wildman–Crippen MR) is 469 cm³/mol. The Morgan fingerprint density at radius 1 is 0.265 bits per heavy atom. The average Bonchev–Trinajstić information content (AvgIpc) is 1.61. The Hall–Kier alpha value is -10.5. The van der Waals surface area contributed by atoms with Crippen LogP contribution in [0.5, 0.6) is 0 Å². The number of benzene rings is 20. The Morgan fingerprint density at radius 3 is 0.885 bits per heavy atom. The van der Waals surface area contributed by atoms with Crippen molar-refractivity contribution < 1.29 is 119 Å². The quantitative estimate of drug-likeness (QED) is 0.0451. The molecule has 21 aromatic rings. The van der Waals surface area contributed by atoms with Gasteiger partial charge in [-0.2, -0.15) is 0 Å². The van der Waals surface area contributed by atoms with E-state index in [9.17, 15) is 0 Å². The Morgan fingerprint density at radius 2 is 0.531 bits per heavy atom. The minimum atomic E-state index is -0.181. The van der Waals surface area contributed by atoms with Crippen molar-refractivity contribution in [3.63, 3.8) is 0 Å². The van der Waals surface area contributed by atoms with Crippen molar-refractivity contribution in [2.45, 2.75) is 6.42 Å². The number of carbonyl (C=O) groups is 1.